The second-order valence-corrected chi connectivity index (χ2v) is 8.24. The van der Waals surface area contributed by atoms with Gasteiger partial charge in [-0.1, -0.05) is 12.1 Å². The molecule has 37 heavy (non-hydrogen) atoms. The summed E-state index contributed by atoms with van der Waals surface area (Å²) in [5.74, 6) is -0.431. The van der Waals surface area contributed by atoms with Crippen LogP contribution in [0.25, 0.3) is 16.7 Å². The van der Waals surface area contributed by atoms with E-state index in [1.54, 1.807) is 24.3 Å². The summed E-state index contributed by atoms with van der Waals surface area (Å²) in [7, 11) is 0. The standard InChI is InChI=1S/C26H23F3N4O4/c27-26(28,29)16-5-9-18(10-6-16)37-19-11-7-17(8-12-19)33-22-4-2-1-3-20(22)32-23(33)15-31-21(25(30)36)13-14-24(34)35/h1-12,21,31H,13-15H2,(H2,30,36)(H,34,35). The zero-order valence-electron chi connectivity index (χ0n) is 19.4. The van der Waals surface area contributed by atoms with Crippen molar-refractivity contribution in [1.82, 2.24) is 14.9 Å². The number of amides is 1. The van der Waals surface area contributed by atoms with E-state index < -0.39 is 29.7 Å². The highest BCUT2D eigenvalue weighted by atomic mass is 19.4. The van der Waals surface area contributed by atoms with Crippen LogP contribution >= 0.6 is 0 Å². The van der Waals surface area contributed by atoms with Crippen molar-refractivity contribution < 1.29 is 32.6 Å². The topological polar surface area (TPSA) is 119 Å². The minimum atomic E-state index is -4.42. The van der Waals surface area contributed by atoms with Crippen LogP contribution < -0.4 is 15.8 Å². The van der Waals surface area contributed by atoms with Gasteiger partial charge in [0.15, 0.2) is 0 Å². The molecule has 4 N–H and O–H groups in total. The molecule has 8 nitrogen and oxygen atoms in total. The number of fused-ring (bicyclic) bond motifs is 1. The fraction of sp³-hybridized carbons (Fsp3) is 0.192. The number of nitrogens with two attached hydrogens (primary N) is 1. The Morgan fingerprint density at radius 3 is 2.22 bits per heavy atom. The number of alkyl halides is 3. The third-order valence-electron chi connectivity index (χ3n) is 5.64. The number of carbonyl (C=O) groups is 2. The number of nitrogens with zero attached hydrogens (tertiary/aromatic N) is 2. The number of halogens is 3. The summed E-state index contributed by atoms with van der Waals surface area (Å²) in [6.45, 7) is 0.145. The van der Waals surface area contributed by atoms with Gasteiger partial charge >= 0.3 is 12.1 Å². The molecule has 0 bridgehead atoms. The quantitative estimate of drug-likeness (QED) is 0.285. The molecule has 0 aliphatic carbocycles. The van der Waals surface area contributed by atoms with Crippen LogP contribution in [0.3, 0.4) is 0 Å². The number of benzene rings is 3. The number of carboxylic acid groups (broad SMARTS) is 1. The number of hydrogen-bond donors (Lipinski definition) is 3. The summed E-state index contributed by atoms with van der Waals surface area (Å²) in [6.07, 6.45) is -4.59. The third-order valence-corrected chi connectivity index (χ3v) is 5.64. The monoisotopic (exact) mass is 512 g/mol. The van der Waals surface area contributed by atoms with Gasteiger partial charge in [-0.05, 0) is 67.1 Å². The minimum absolute atomic E-state index is 0.0425. The van der Waals surface area contributed by atoms with Crippen molar-refractivity contribution in [2.45, 2.75) is 31.6 Å². The predicted molar refractivity (Wildman–Crippen MR) is 129 cm³/mol. The predicted octanol–water partition coefficient (Wildman–Crippen LogP) is 4.64. The normalized spacial score (nSPS) is 12.4. The molecule has 1 unspecified atom stereocenters. The van der Waals surface area contributed by atoms with Gasteiger partial charge in [-0.25, -0.2) is 4.98 Å². The lowest BCUT2D eigenvalue weighted by Crippen LogP contribution is -2.41. The highest BCUT2D eigenvalue weighted by Crippen LogP contribution is 2.32. The molecule has 0 aliphatic heterocycles. The summed E-state index contributed by atoms with van der Waals surface area (Å²) in [6, 6.07) is 17.9. The van der Waals surface area contributed by atoms with Gasteiger partial charge in [0.2, 0.25) is 5.91 Å². The molecule has 0 spiro atoms. The number of imidazole rings is 1. The van der Waals surface area contributed by atoms with E-state index in [9.17, 15) is 22.8 Å². The first-order valence-corrected chi connectivity index (χ1v) is 11.3. The highest BCUT2D eigenvalue weighted by Gasteiger charge is 2.30. The molecular formula is C26H23F3N4O4. The van der Waals surface area contributed by atoms with Crippen molar-refractivity contribution >= 4 is 22.9 Å². The number of ether oxygens (including phenoxy) is 1. The Labute approximate surface area is 209 Å². The molecule has 11 heteroatoms. The first-order valence-electron chi connectivity index (χ1n) is 11.3. The molecule has 3 aromatic carbocycles. The Morgan fingerprint density at radius 1 is 1.00 bits per heavy atom. The first kappa shape index (κ1) is 25.7. The van der Waals surface area contributed by atoms with E-state index in [0.717, 1.165) is 23.3 Å². The number of primary amides is 1. The van der Waals surface area contributed by atoms with Gasteiger partial charge < -0.3 is 15.6 Å². The van der Waals surface area contributed by atoms with Crippen molar-refractivity contribution in [3.63, 3.8) is 0 Å². The van der Waals surface area contributed by atoms with Crippen LogP contribution in [0, 0.1) is 0 Å². The maximum atomic E-state index is 12.8. The molecule has 0 aliphatic rings. The second kappa shape index (κ2) is 10.7. The van der Waals surface area contributed by atoms with Gasteiger partial charge in [0.25, 0.3) is 0 Å². The van der Waals surface area contributed by atoms with Crippen LogP contribution in [0.15, 0.2) is 72.8 Å². The van der Waals surface area contributed by atoms with E-state index in [1.807, 2.05) is 28.8 Å². The molecule has 1 amide bonds. The molecule has 1 aromatic heterocycles. The van der Waals surface area contributed by atoms with E-state index in [1.165, 1.54) is 12.1 Å². The molecule has 0 fully saturated rings. The fourth-order valence-corrected chi connectivity index (χ4v) is 3.82. The lowest BCUT2D eigenvalue weighted by atomic mass is 10.1. The third kappa shape index (κ3) is 6.25. The Balaban J connectivity index is 1.56. The smallest absolute Gasteiger partial charge is 0.416 e. The average Bonchev–Trinajstić information content (AvgIpc) is 3.22. The van der Waals surface area contributed by atoms with Crippen molar-refractivity contribution in [1.29, 1.82) is 0 Å². The molecule has 4 rings (SSSR count). The van der Waals surface area contributed by atoms with Gasteiger partial charge in [0.1, 0.15) is 17.3 Å². The molecular weight excluding hydrogens is 489 g/mol. The van der Waals surface area contributed by atoms with Gasteiger partial charge in [0, 0.05) is 12.1 Å². The Kier molecular flexibility index (Phi) is 7.44. The molecule has 0 radical (unpaired) electrons. The molecule has 0 saturated carbocycles. The maximum Gasteiger partial charge on any atom is 0.416 e. The number of aliphatic carboxylic acids is 1. The van der Waals surface area contributed by atoms with Crippen LogP contribution in [0.4, 0.5) is 13.2 Å². The Bertz CT molecular complexity index is 1400. The zero-order valence-corrected chi connectivity index (χ0v) is 19.4. The number of para-hydroxylation sites is 2. The number of carbonyl (C=O) groups excluding carboxylic acids is 1. The van der Waals surface area contributed by atoms with E-state index in [-0.39, 0.29) is 25.1 Å². The highest BCUT2D eigenvalue weighted by molar-refractivity contribution is 5.81. The van der Waals surface area contributed by atoms with Crippen LogP contribution in [0.1, 0.15) is 24.2 Å². The van der Waals surface area contributed by atoms with E-state index in [4.69, 9.17) is 15.6 Å². The van der Waals surface area contributed by atoms with Crippen LogP contribution in [0.5, 0.6) is 11.5 Å². The second-order valence-electron chi connectivity index (χ2n) is 8.24. The summed E-state index contributed by atoms with van der Waals surface area (Å²) in [5.41, 5.74) is 6.91. The van der Waals surface area contributed by atoms with Gasteiger partial charge in [-0.15, -0.1) is 0 Å². The van der Waals surface area contributed by atoms with Crippen molar-refractivity contribution in [3.05, 3.63) is 84.2 Å². The number of carboxylic acids is 1. The lowest BCUT2D eigenvalue weighted by molar-refractivity contribution is -0.138. The van der Waals surface area contributed by atoms with Crippen LogP contribution in [0.2, 0.25) is 0 Å². The van der Waals surface area contributed by atoms with Crippen LogP contribution in [-0.2, 0) is 22.3 Å². The van der Waals surface area contributed by atoms with Gasteiger partial charge in [-0.2, -0.15) is 13.2 Å². The summed E-state index contributed by atoms with van der Waals surface area (Å²) in [5, 5.41) is 11.9. The van der Waals surface area contributed by atoms with E-state index in [0.29, 0.717) is 17.1 Å². The van der Waals surface area contributed by atoms with Crippen molar-refractivity contribution in [3.8, 4) is 17.2 Å². The SMILES string of the molecule is NC(=O)C(CCC(=O)O)NCc1nc2ccccc2n1-c1ccc(Oc2ccc(C(F)(F)F)cc2)cc1. The average molecular weight is 512 g/mol. The fourth-order valence-electron chi connectivity index (χ4n) is 3.82. The number of hydrogen-bond acceptors (Lipinski definition) is 5. The van der Waals surface area contributed by atoms with E-state index >= 15 is 0 Å². The molecule has 1 atom stereocenters. The van der Waals surface area contributed by atoms with Gasteiger partial charge in [0.05, 0.1) is 29.2 Å². The number of nitrogens with one attached hydrogen (secondary N) is 1. The molecule has 0 saturated heterocycles. The molecule has 192 valence electrons. The van der Waals surface area contributed by atoms with Gasteiger partial charge in [-0.3, -0.25) is 19.5 Å². The largest absolute Gasteiger partial charge is 0.481 e. The summed E-state index contributed by atoms with van der Waals surface area (Å²) >= 11 is 0. The van der Waals surface area contributed by atoms with Crippen molar-refractivity contribution in [2.24, 2.45) is 5.73 Å². The summed E-state index contributed by atoms with van der Waals surface area (Å²) in [4.78, 5) is 27.3. The number of aromatic nitrogens is 2. The molecule has 4 aromatic rings. The Hall–Kier alpha value is -4.38. The Morgan fingerprint density at radius 2 is 1.62 bits per heavy atom. The molecule has 1 heterocycles. The minimum Gasteiger partial charge on any atom is -0.481 e. The summed E-state index contributed by atoms with van der Waals surface area (Å²) < 4.78 is 45.9. The zero-order chi connectivity index (χ0) is 26.6. The lowest BCUT2D eigenvalue weighted by Gasteiger charge is -2.16. The first-order chi connectivity index (χ1) is 17.6. The maximum absolute atomic E-state index is 12.8. The van der Waals surface area contributed by atoms with Crippen molar-refractivity contribution in [2.75, 3.05) is 0 Å². The van der Waals surface area contributed by atoms with Crippen LogP contribution in [-0.4, -0.2) is 32.6 Å². The van der Waals surface area contributed by atoms with E-state index in [2.05, 4.69) is 10.3 Å². The number of rotatable bonds is 10.